The monoisotopic (exact) mass is 254 g/mol. The molecule has 5 nitrogen and oxygen atoms in total. The summed E-state index contributed by atoms with van der Waals surface area (Å²) >= 11 is 0. The van der Waals surface area contributed by atoms with Crippen LogP contribution in [0.4, 0.5) is 5.82 Å². The number of aromatic nitrogens is 3. The Hall–Kier alpha value is -2.56. The van der Waals surface area contributed by atoms with E-state index in [0.717, 1.165) is 22.5 Å². The summed E-state index contributed by atoms with van der Waals surface area (Å²) in [6.45, 7) is 0. The van der Waals surface area contributed by atoms with E-state index in [2.05, 4.69) is 10.1 Å². The molecule has 2 heterocycles. The minimum Gasteiger partial charge on any atom is -0.496 e. The van der Waals surface area contributed by atoms with E-state index in [9.17, 15) is 0 Å². The van der Waals surface area contributed by atoms with Crippen LogP contribution in [0.5, 0.6) is 5.75 Å². The largest absolute Gasteiger partial charge is 0.496 e. The highest BCUT2D eigenvalue weighted by Crippen LogP contribution is 2.22. The van der Waals surface area contributed by atoms with Gasteiger partial charge in [0.15, 0.2) is 5.65 Å². The number of benzene rings is 1. The summed E-state index contributed by atoms with van der Waals surface area (Å²) in [6.07, 6.45) is 4.20. The molecule has 0 aliphatic carbocycles. The van der Waals surface area contributed by atoms with Crippen molar-refractivity contribution in [2.75, 3.05) is 12.8 Å². The van der Waals surface area contributed by atoms with Crippen molar-refractivity contribution in [1.29, 1.82) is 0 Å². The van der Waals surface area contributed by atoms with Crippen molar-refractivity contribution < 1.29 is 4.74 Å². The van der Waals surface area contributed by atoms with Crippen molar-refractivity contribution in [2.24, 2.45) is 0 Å². The number of hydrogen-bond acceptors (Lipinski definition) is 4. The molecule has 96 valence electrons. The third kappa shape index (κ3) is 1.99. The number of nitrogens with zero attached hydrogens (tertiary/aromatic N) is 3. The Morgan fingerprint density at radius 3 is 2.89 bits per heavy atom. The van der Waals surface area contributed by atoms with Crippen LogP contribution < -0.4 is 10.5 Å². The molecule has 0 saturated carbocycles. The molecule has 0 amide bonds. The summed E-state index contributed by atoms with van der Waals surface area (Å²) < 4.78 is 7.00. The fraction of sp³-hybridized carbons (Fsp3) is 0.143. The molecule has 19 heavy (non-hydrogen) atoms. The molecule has 2 N–H and O–H groups in total. The minimum absolute atomic E-state index is 0.580. The molecule has 0 saturated heterocycles. The number of nitrogen functional groups attached to an aromatic ring is 1. The van der Waals surface area contributed by atoms with Gasteiger partial charge in [-0.3, -0.25) is 0 Å². The number of fused-ring (bicyclic) bond motifs is 1. The summed E-state index contributed by atoms with van der Waals surface area (Å²) in [4.78, 5) is 4.33. The Bertz CT molecular complexity index is 720. The number of hydrogen-bond donors (Lipinski definition) is 1. The second-order valence-corrected chi connectivity index (χ2v) is 4.26. The van der Waals surface area contributed by atoms with Gasteiger partial charge in [-0.05, 0) is 17.7 Å². The van der Waals surface area contributed by atoms with Crippen LogP contribution >= 0.6 is 0 Å². The Balaban J connectivity index is 2.04. The van der Waals surface area contributed by atoms with Gasteiger partial charge in [0.2, 0.25) is 0 Å². The third-order valence-electron chi connectivity index (χ3n) is 3.08. The number of rotatable bonds is 3. The Morgan fingerprint density at radius 2 is 2.05 bits per heavy atom. The predicted octanol–water partition coefficient (Wildman–Crippen LogP) is 1.91. The van der Waals surface area contributed by atoms with Gasteiger partial charge in [0.25, 0.3) is 0 Å². The van der Waals surface area contributed by atoms with Crippen molar-refractivity contribution in [3.05, 3.63) is 53.9 Å². The fourth-order valence-electron chi connectivity index (χ4n) is 2.14. The summed E-state index contributed by atoms with van der Waals surface area (Å²) in [6, 6.07) is 9.66. The zero-order valence-electron chi connectivity index (χ0n) is 10.6. The molecule has 0 aliphatic rings. The van der Waals surface area contributed by atoms with Crippen LogP contribution in [0.25, 0.3) is 5.65 Å². The first-order chi connectivity index (χ1) is 9.29. The van der Waals surface area contributed by atoms with Gasteiger partial charge in [0.1, 0.15) is 11.6 Å². The molecular formula is C14H14N4O. The maximum Gasteiger partial charge on any atom is 0.160 e. The van der Waals surface area contributed by atoms with E-state index >= 15 is 0 Å². The quantitative estimate of drug-likeness (QED) is 0.775. The van der Waals surface area contributed by atoms with Gasteiger partial charge in [-0.2, -0.15) is 9.61 Å². The summed E-state index contributed by atoms with van der Waals surface area (Å²) in [5.41, 5.74) is 8.76. The maximum absolute atomic E-state index is 5.85. The normalized spacial score (nSPS) is 10.8. The Labute approximate surface area is 110 Å². The zero-order valence-corrected chi connectivity index (χ0v) is 10.6. The van der Waals surface area contributed by atoms with E-state index in [0.29, 0.717) is 12.2 Å². The highest BCUT2D eigenvalue weighted by Gasteiger charge is 2.10. The topological polar surface area (TPSA) is 65.4 Å². The first-order valence-electron chi connectivity index (χ1n) is 5.98. The fourth-order valence-corrected chi connectivity index (χ4v) is 2.14. The molecule has 3 rings (SSSR count). The molecule has 0 unspecified atom stereocenters. The minimum atomic E-state index is 0.580. The highest BCUT2D eigenvalue weighted by molar-refractivity contribution is 5.53. The number of ether oxygens (including phenoxy) is 1. The number of methoxy groups -OCH3 is 1. The van der Waals surface area contributed by atoms with Crippen molar-refractivity contribution in [1.82, 2.24) is 14.6 Å². The molecule has 0 fully saturated rings. The van der Waals surface area contributed by atoms with Gasteiger partial charge in [-0.15, -0.1) is 0 Å². The van der Waals surface area contributed by atoms with E-state index in [-0.39, 0.29) is 0 Å². The second-order valence-electron chi connectivity index (χ2n) is 4.26. The van der Waals surface area contributed by atoms with Crippen LogP contribution in [-0.2, 0) is 6.42 Å². The molecule has 3 aromatic rings. The lowest BCUT2D eigenvalue weighted by atomic mass is 10.1. The van der Waals surface area contributed by atoms with Gasteiger partial charge < -0.3 is 10.5 Å². The number of nitrogens with two attached hydrogens (primary N) is 1. The maximum atomic E-state index is 5.85. The van der Waals surface area contributed by atoms with Crippen LogP contribution in [0.3, 0.4) is 0 Å². The van der Waals surface area contributed by atoms with Crippen LogP contribution in [0.15, 0.2) is 42.7 Å². The van der Waals surface area contributed by atoms with Crippen LogP contribution in [-0.4, -0.2) is 21.7 Å². The van der Waals surface area contributed by atoms with Crippen LogP contribution in [0.2, 0.25) is 0 Å². The highest BCUT2D eigenvalue weighted by atomic mass is 16.5. The molecule has 2 aromatic heterocycles. The molecule has 0 spiro atoms. The smallest absolute Gasteiger partial charge is 0.160 e. The predicted molar refractivity (Wildman–Crippen MR) is 73.2 cm³/mol. The van der Waals surface area contributed by atoms with Crippen LogP contribution in [0.1, 0.15) is 11.1 Å². The average molecular weight is 254 g/mol. The molecule has 1 aromatic carbocycles. The SMILES string of the molecule is COc1ccccc1Cc1cnn2c(N)ccnc12. The Morgan fingerprint density at radius 1 is 1.21 bits per heavy atom. The molecular weight excluding hydrogens is 240 g/mol. The first-order valence-corrected chi connectivity index (χ1v) is 5.98. The molecule has 0 radical (unpaired) electrons. The van der Waals surface area contributed by atoms with Gasteiger partial charge >= 0.3 is 0 Å². The van der Waals surface area contributed by atoms with Gasteiger partial charge in [-0.1, -0.05) is 18.2 Å². The average Bonchev–Trinajstić information content (AvgIpc) is 2.84. The summed E-state index contributed by atoms with van der Waals surface area (Å²) in [5.74, 6) is 1.45. The van der Waals surface area contributed by atoms with E-state index in [1.807, 2.05) is 24.3 Å². The van der Waals surface area contributed by atoms with Crippen LogP contribution in [0, 0.1) is 0 Å². The summed E-state index contributed by atoms with van der Waals surface area (Å²) in [5, 5.41) is 4.26. The summed E-state index contributed by atoms with van der Waals surface area (Å²) in [7, 11) is 1.67. The molecule has 0 atom stereocenters. The lowest BCUT2D eigenvalue weighted by Gasteiger charge is -2.06. The van der Waals surface area contributed by atoms with Crippen molar-refractivity contribution >= 4 is 11.5 Å². The van der Waals surface area contributed by atoms with Crippen molar-refractivity contribution in [2.45, 2.75) is 6.42 Å². The Kier molecular flexibility index (Phi) is 2.79. The lowest BCUT2D eigenvalue weighted by Crippen LogP contribution is -1.99. The van der Waals surface area contributed by atoms with E-state index < -0.39 is 0 Å². The third-order valence-corrected chi connectivity index (χ3v) is 3.08. The molecule has 5 heteroatoms. The standard InChI is InChI=1S/C14H14N4O/c1-19-12-5-3-2-4-10(12)8-11-9-17-18-13(15)6-7-16-14(11)18/h2-7,9H,8,15H2,1H3. The molecule has 0 aliphatic heterocycles. The second kappa shape index (κ2) is 4.61. The lowest BCUT2D eigenvalue weighted by molar-refractivity contribution is 0.410. The van der Waals surface area contributed by atoms with Crippen molar-refractivity contribution in [3.8, 4) is 5.75 Å². The number of anilines is 1. The van der Waals surface area contributed by atoms with Crippen molar-refractivity contribution in [3.63, 3.8) is 0 Å². The number of para-hydroxylation sites is 1. The zero-order chi connectivity index (χ0) is 13.2. The van der Waals surface area contributed by atoms with Gasteiger partial charge in [0.05, 0.1) is 13.3 Å². The van der Waals surface area contributed by atoms with E-state index in [1.54, 1.807) is 30.1 Å². The molecule has 0 bridgehead atoms. The van der Waals surface area contributed by atoms with E-state index in [4.69, 9.17) is 10.5 Å². The first kappa shape index (κ1) is 11.5. The van der Waals surface area contributed by atoms with Gasteiger partial charge in [-0.25, -0.2) is 4.98 Å². The van der Waals surface area contributed by atoms with Gasteiger partial charge in [0, 0.05) is 18.2 Å². The van der Waals surface area contributed by atoms with E-state index in [1.165, 1.54) is 0 Å².